The summed E-state index contributed by atoms with van der Waals surface area (Å²) in [7, 11) is 0. The number of aryl methyl sites for hydroxylation is 1. The zero-order valence-corrected chi connectivity index (χ0v) is 9.21. The SMILES string of the molecule is CC(CCn1nnnc1C(C)C)C(=O)O. The molecule has 0 aromatic carbocycles. The van der Waals surface area contributed by atoms with Gasteiger partial charge < -0.3 is 5.11 Å². The van der Waals surface area contributed by atoms with Crippen molar-refractivity contribution >= 4 is 5.97 Å². The van der Waals surface area contributed by atoms with Crippen LogP contribution in [-0.4, -0.2) is 31.3 Å². The summed E-state index contributed by atoms with van der Waals surface area (Å²) in [6, 6.07) is 0. The van der Waals surface area contributed by atoms with Gasteiger partial charge in [0.1, 0.15) is 0 Å². The zero-order chi connectivity index (χ0) is 11.4. The Morgan fingerprint density at radius 2 is 2.13 bits per heavy atom. The van der Waals surface area contributed by atoms with Crippen LogP contribution in [0.5, 0.6) is 0 Å². The largest absolute Gasteiger partial charge is 0.481 e. The van der Waals surface area contributed by atoms with Crippen molar-refractivity contribution in [2.24, 2.45) is 5.92 Å². The number of aromatic nitrogens is 4. The maximum absolute atomic E-state index is 10.6. The third kappa shape index (κ3) is 3.00. The van der Waals surface area contributed by atoms with Crippen LogP contribution in [0.2, 0.25) is 0 Å². The van der Waals surface area contributed by atoms with E-state index >= 15 is 0 Å². The predicted molar refractivity (Wildman–Crippen MR) is 53.3 cm³/mol. The first-order valence-electron chi connectivity index (χ1n) is 5.01. The van der Waals surface area contributed by atoms with Crippen LogP contribution in [0.3, 0.4) is 0 Å². The molecule has 0 aliphatic carbocycles. The number of carboxylic acids is 1. The molecular weight excluding hydrogens is 196 g/mol. The van der Waals surface area contributed by atoms with Crippen molar-refractivity contribution in [1.82, 2.24) is 20.2 Å². The van der Waals surface area contributed by atoms with Crippen LogP contribution in [0.1, 0.15) is 38.9 Å². The number of hydrogen-bond acceptors (Lipinski definition) is 4. The summed E-state index contributed by atoms with van der Waals surface area (Å²) in [6.07, 6.45) is 0.542. The van der Waals surface area contributed by atoms with E-state index in [1.54, 1.807) is 11.6 Å². The van der Waals surface area contributed by atoms with E-state index in [9.17, 15) is 4.79 Å². The molecule has 0 aliphatic rings. The minimum atomic E-state index is -0.783. The minimum absolute atomic E-state index is 0.250. The van der Waals surface area contributed by atoms with Gasteiger partial charge >= 0.3 is 5.97 Å². The average Bonchev–Trinajstić information content (AvgIpc) is 2.61. The Labute approximate surface area is 88.3 Å². The van der Waals surface area contributed by atoms with Crippen LogP contribution < -0.4 is 0 Å². The summed E-state index contributed by atoms with van der Waals surface area (Å²) in [5.41, 5.74) is 0. The smallest absolute Gasteiger partial charge is 0.306 e. The number of aliphatic carboxylic acids is 1. The van der Waals surface area contributed by atoms with E-state index < -0.39 is 5.97 Å². The van der Waals surface area contributed by atoms with E-state index in [1.807, 2.05) is 13.8 Å². The lowest BCUT2D eigenvalue weighted by atomic mass is 10.1. The molecule has 0 amide bonds. The first kappa shape index (κ1) is 11.6. The highest BCUT2D eigenvalue weighted by Crippen LogP contribution is 2.11. The number of carbonyl (C=O) groups is 1. The lowest BCUT2D eigenvalue weighted by Crippen LogP contribution is -2.15. The molecular formula is C9H16N4O2. The topological polar surface area (TPSA) is 80.9 Å². The van der Waals surface area contributed by atoms with Gasteiger partial charge in [0, 0.05) is 12.5 Å². The average molecular weight is 212 g/mol. The molecule has 15 heavy (non-hydrogen) atoms. The fourth-order valence-electron chi connectivity index (χ4n) is 1.22. The molecule has 1 rings (SSSR count). The van der Waals surface area contributed by atoms with Crippen molar-refractivity contribution in [3.63, 3.8) is 0 Å². The van der Waals surface area contributed by atoms with Crippen LogP contribution in [-0.2, 0) is 11.3 Å². The molecule has 1 heterocycles. The summed E-state index contributed by atoms with van der Waals surface area (Å²) in [5, 5.41) is 20.0. The maximum atomic E-state index is 10.6. The van der Waals surface area contributed by atoms with Crippen molar-refractivity contribution in [2.45, 2.75) is 39.7 Å². The number of tetrazole rings is 1. The Morgan fingerprint density at radius 3 is 2.67 bits per heavy atom. The second-order valence-corrected chi connectivity index (χ2v) is 3.94. The molecule has 0 fully saturated rings. The minimum Gasteiger partial charge on any atom is -0.481 e. The normalized spacial score (nSPS) is 13.1. The number of nitrogens with zero attached hydrogens (tertiary/aromatic N) is 4. The van der Waals surface area contributed by atoms with Gasteiger partial charge in [-0.3, -0.25) is 4.79 Å². The van der Waals surface area contributed by atoms with Crippen LogP contribution in [0, 0.1) is 5.92 Å². The van der Waals surface area contributed by atoms with E-state index in [-0.39, 0.29) is 11.8 Å². The lowest BCUT2D eigenvalue weighted by Gasteiger charge is -2.08. The highest BCUT2D eigenvalue weighted by Gasteiger charge is 2.14. The number of carboxylic acid groups (broad SMARTS) is 1. The van der Waals surface area contributed by atoms with Gasteiger partial charge in [-0.1, -0.05) is 20.8 Å². The molecule has 84 valence electrons. The molecule has 0 saturated carbocycles. The van der Waals surface area contributed by atoms with Crippen LogP contribution in [0.15, 0.2) is 0 Å². The molecule has 0 bridgehead atoms. The molecule has 1 N–H and O–H groups in total. The molecule has 0 saturated heterocycles. The van der Waals surface area contributed by atoms with E-state index in [2.05, 4.69) is 15.5 Å². The Hall–Kier alpha value is -1.46. The fraction of sp³-hybridized carbons (Fsp3) is 0.778. The predicted octanol–water partition coefficient (Wildman–Crippen LogP) is 0.907. The third-order valence-corrected chi connectivity index (χ3v) is 2.27. The fourth-order valence-corrected chi connectivity index (χ4v) is 1.22. The highest BCUT2D eigenvalue weighted by molar-refractivity contribution is 5.69. The first-order chi connectivity index (χ1) is 7.02. The Balaban J connectivity index is 2.57. The second-order valence-electron chi connectivity index (χ2n) is 3.94. The van der Waals surface area contributed by atoms with Crippen LogP contribution in [0.4, 0.5) is 0 Å². The second kappa shape index (κ2) is 4.86. The molecule has 1 atom stereocenters. The van der Waals surface area contributed by atoms with Crippen molar-refractivity contribution < 1.29 is 9.90 Å². The third-order valence-electron chi connectivity index (χ3n) is 2.27. The highest BCUT2D eigenvalue weighted by atomic mass is 16.4. The van der Waals surface area contributed by atoms with Gasteiger partial charge in [0.25, 0.3) is 0 Å². The Bertz CT molecular complexity index is 335. The summed E-state index contributed by atoms with van der Waals surface area (Å²) in [4.78, 5) is 10.6. The van der Waals surface area contributed by atoms with E-state index in [1.165, 1.54) is 0 Å². The molecule has 6 heteroatoms. The number of hydrogen-bond donors (Lipinski definition) is 1. The molecule has 0 radical (unpaired) electrons. The van der Waals surface area contributed by atoms with Crippen LogP contribution >= 0.6 is 0 Å². The van der Waals surface area contributed by atoms with Gasteiger partial charge in [-0.2, -0.15) is 0 Å². The van der Waals surface area contributed by atoms with Crippen molar-refractivity contribution in [1.29, 1.82) is 0 Å². The van der Waals surface area contributed by atoms with E-state index in [0.717, 1.165) is 5.82 Å². The standard InChI is InChI=1S/C9H16N4O2/c1-6(2)8-10-11-12-13(8)5-4-7(3)9(14)15/h6-7H,4-5H2,1-3H3,(H,14,15). The maximum Gasteiger partial charge on any atom is 0.306 e. The molecule has 0 aliphatic heterocycles. The summed E-state index contributed by atoms with van der Waals surface area (Å²) < 4.78 is 1.67. The van der Waals surface area contributed by atoms with Gasteiger partial charge in [-0.25, -0.2) is 4.68 Å². The van der Waals surface area contributed by atoms with Gasteiger partial charge in [-0.15, -0.1) is 5.10 Å². The molecule has 0 spiro atoms. The van der Waals surface area contributed by atoms with Crippen molar-refractivity contribution in [3.8, 4) is 0 Å². The van der Waals surface area contributed by atoms with Crippen molar-refractivity contribution in [3.05, 3.63) is 5.82 Å². The summed E-state index contributed by atoms with van der Waals surface area (Å²) in [5.74, 6) is -0.101. The van der Waals surface area contributed by atoms with Crippen molar-refractivity contribution in [2.75, 3.05) is 0 Å². The van der Waals surface area contributed by atoms with Crippen LogP contribution in [0.25, 0.3) is 0 Å². The van der Waals surface area contributed by atoms with E-state index in [0.29, 0.717) is 13.0 Å². The number of rotatable bonds is 5. The zero-order valence-electron chi connectivity index (χ0n) is 9.21. The van der Waals surface area contributed by atoms with Gasteiger partial charge in [0.05, 0.1) is 5.92 Å². The van der Waals surface area contributed by atoms with Gasteiger partial charge in [-0.05, 0) is 16.8 Å². The summed E-state index contributed by atoms with van der Waals surface area (Å²) >= 11 is 0. The quantitative estimate of drug-likeness (QED) is 0.784. The Morgan fingerprint density at radius 1 is 1.47 bits per heavy atom. The van der Waals surface area contributed by atoms with Gasteiger partial charge in [0.2, 0.25) is 0 Å². The Kier molecular flexibility index (Phi) is 3.76. The van der Waals surface area contributed by atoms with E-state index in [4.69, 9.17) is 5.11 Å². The first-order valence-corrected chi connectivity index (χ1v) is 5.01. The lowest BCUT2D eigenvalue weighted by molar-refractivity contribution is -0.141. The molecule has 1 aromatic rings. The molecule has 6 nitrogen and oxygen atoms in total. The molecule has 1 unspecified atom stereocenters. The monoisotopic (exact) mass is 212 g/mol. The van der Waals surface area contributed by atoms with Gasteiger partial charge in [0.15, 0.2) is 5.82 Å². The summed E-state index contributed by atoms with van der Waals surface area (Å²) in [6.45, 7) is 6.24. The molecule has 1 aromatic heterocycles.